The summed E-state index contributed by atoms with van der Waals surface area (Å²) < 4.78 is 1.39. The predicted octanol–water partition coefficient (Wildman–Crippen LogP) is 4.27. The van der Waals surface area contributed by atoms with Gasteiger partial charge in [0.2, 0.25) is 0 Å². The van der Waals surface area contributed by atoms with Crippen LogP contribution in [0, 0.1) is 0 Å². The Bertz CT molecular complexity index is 1330. The summed E-state index contributed by atoms with van der Waals surface area (Å²) >= 11 is 12.0. The molecule has 30 heavy (non-hydrogen) atoms. The van der Waals surface area contributed by atoms with Crippen LogP contribution >= 0.6 is 23.2 Å². The summed E-state index contributed by atoms with van der Waals surface area (Å²) in [4.78, 5) is 22.0. The van der Waals surface area contributed by atoms with Crippen LogP contribution in [0.15, 0.2) is 60.2 Å². The average molecular weight is 439 g/mol. The maximum Gasteiger partial charge on any atom is 0.257 e. The van der Waals surface area contributed by atoms with Crippen LogP contribution in [-0.2, 0) is 0 Å². The Morgan fingerprint density at radius 3 is 2.60 bits per heavy atom. The molecular weight excluding hydrogens is 423 g/mol. The van der Waals surface area contributed by atoms with E-state index in [4.69, 9.17) is 28.9 Å². The number of nitrogens with one attached hydrogen (secondary N) is 1. The molecule has 150 valence electrons. The van der Waals surface area contributed by atoms with E-state index in [1.165, 1.54) is 4.68 Å². The van der Waals surface area contributed by atoms with Gasteiger partial charge in [0.1, 0.15) is 16.9 Å². The van der Waals surface area contributed by atoms with E-state index in [0.29, 0.717) is 44.4 Å². The molecular formula is C21H16Cl2N6O. The van der Waals surface area contributed by atoms with E-state index in [0.717, 1.165) is 0 Å². The number of carbonyl (C=O) groups is 1. The van der Waals surface area contributed by atoms with Crippen molar-refractivity contribution < 1.29 is 4.79 Å². The third kappa shape index (κ3) is 3.60. The molecule has 0 aliphatic carbocycles. The second-order valence-electron chi connectivity index (χ2n) is 6.37. The summed E-state index contributed by atoms with van der Waals surface area (Å²) in [6.07, 6.45) is 3.14. The summed E-state index contributed by atoms with van der Waals surface area (Å²) in [6, 6.07) is 12.5. The average Bonchev–Trinajstić information content (AvgIpc) is 3.01. The highest BCUT2D eigenvalue weighted by atomic mass is 35.5. The number of para-hydroxylation sites is 2. The van der Waals surface area contributed by atoms with Crippen LogP contribution in [0.4, 0.5) is 5.82 Å². The van der Waals surface area contributed by atoms with Gasteiger partial charge in [-0.2, -0.15) is 9.78 Å². The highest BCUT2D eigenvalue weighted by Gasteiger charge is 2.23. The minimum atomic E-state index is -0.384. The Morgan fingerprint density at radius 2 is 1.90 bits per heavy atom. The van der Waals surface area contributed by atoms with Gasteiger partial charge in [-0.15, -0.1) is 6.58 Å². The number of carbonyl (C=O) groups excluding carboxylic acids is 1. The summed E-state index contributed by atoms with van der Waals surface area (Å²) in [5.74, 6) is -0.261. The van der Waals surface area contributed by atoms with E-state index < -0.39 is 0 Å². The summed E-state index contributed by atoms with van der Waals surface area (Å²) in [6.45, 7) is 3.90. The van der Waals surface area contributed by atoms with Crippen molar-refractivity contribution in [3.8, 4) is 0 Å². The lowest BCUT2D eigenvalue weighted by molar-refractivity contribution is 0.0960. The molecule has 2 aromatic carbocycles. The normalized spacial score (nSPS) is 11.4. The fourth-order valence-electron chi connectivity index (χ4n) is 2.96. The zero-order chi connectivity index (χ0) is 21.3. The second-order valence-corrected chi connectivity index (χ2v) is 7.19. The van der Waals surface area contributed by atoms with Crippen molar-refractivity contribution in [2.24, 2.45) is 5.10 Å². The number of hydrogen-bond acceptors (Lipinski definition) is 5. The van der Waals surface area contributed by atoms with E-state index in [1.807, 2.05) is 24.3 Å². The number of aromatic nitrogens is 3. The molecule has 4 rings (SSSR count). The van der Waals surface area contributed by atoms with E-state index in [2.05, 4.69) is 27.0 Å². The van der Waals surface area contributed by atoms with Crippen molar-refractivity contribution in [3.63, 3.8) is 0 Å². The first-order valence-electron chi connectivity index (χ1n) is 8.94. The number of nitrogens with zero attached hydrogens (tertiary/aromatic N) is 4. The zero-order valence-corrected chi connectivity index (χ0v) is 17.2. The van der Waals surface area contributed by atoms with Crippen molar-refractivity contribution in [2.75, 3.05) is 12.3 Å². The summed E-state index contributed by atoms with van der Waals surface area (Å²) in [7, 11) is 0. The third-order valence-corrected chi connectivity index (χ3v) is 5.11. The molecule has 0 saturated heterocycles. The molecule has 1 amide bonds. The van der Waals surface area contributed by atoms with Gasteiger partial charge in [0.25, 0.3) is 5.91 Å². The first kappa shape index (κ1) is 19.9. The summed E-state index contributed by atoms with van der Waals surface area (Å²) in [5.41, 5.74) is 9.25. The SMILES string of the molecule is C=CCNC(=O)c1c(N)n(/N=C/c2ccc(Cl)c(Cl)c2)c2nc3ccccc3nc12. The van der Waals surface area contributed by atoms with Crippen molar-refractivity contribution in [2.45, 2.75) is 0 Å². The van der Waals surface area contributed by atoms with Gasteiger partial charge in [0.05, 0.1) is 27.3 Å². The van der Waals surface area contributed by atoms with Crippen molar-refractivity contribution in [1.29, 1.82) is 0 Å². The first-order chi connectivity index (χ1) is 14.5. The van der Waals surface area contributed by atoms with E-state index >= 15 is 0 Å². The molecule has 2 heterocycles. The number of halogens is 2. The van der Waals surface area contributed by atoms with Crippen LogP contribution in [0.3, 0.4) is 0 Å². The number of fused-ring (bicyclic) bond motifs is 2. The standard InChI is InChI=1S/C21H16Cl2N6O/c1-2-9-25-21(30)17-18-20(28-16-6-4-3-5-15(16)27-18)29(19(17)24)26-11-12-7-8-13(22)14(23)10-12/h2-8,10-11H,1,9,24H2,(H,25,30)/b26-11+. The number of amides is 1. The van der Waals surface area contributed by atoms with Gasteiger partial charge >= 0.3 is 0 Å². The maximum absolute atomic E-state index is 12.7. The van der Waals surface area contributed by atoms with Gasteiger partial charge in [0, 0.05) is 6.54 Å². The van der Waals surface area contributed by atoms with Crippen LogP contribution < -0.4 is 11.1 Å². The zero-order valence-electron chi connectivity index (χ0n) is 15.6. The molecule has 4 aromatic rings. The number of anilines is 1. The Balaban J connectivity index is 1.91. The Hall–Kier alpha value is -3.42. The fourth-order valence-corrected chi connectivity index (χ4v) is 3.27. The van der Waals surface area contributed by atoms with Crippen molar-refractivity contribution in [3.05, 3.63) is 76.3 Å². The topological polar surface area (TPSA) is 98.2 Å². The number of rotatable bonds is 5. The van der Waals surface area contributed by atoms with Gasteiger partial charge in [-0.1, -0.05) is 47.5 Å². The number of nitrogens with two attached hydrogens (primary N) is 1. The van der Waals surface area contributed by atoms with E-state index in [-0.39, 0.29) is 17.3 Å². The van der Waals surface area contributed by atoms with E-state index in [1.54, 1.807) is 30.5 Å². The van der Waals surface area contributed by atoms with Gasteiger partial charge in [0.15, 0.2) is 5.65 Å². The Labute approximate surface area is 181 Å². The lowest BCUT2D eigenvalue weighted by Gasteiger charge is -2.02. The van der Waals surface area contributed by atoms with Crippen LogP contribution in [0.1, 0.15) is 15.9 Å². The van der Waals surface area contributed by atoms with Crippen LogP contribution in [-0.4, -0.2) is 33.3 Å². The molecule has 0 atom stereocenters. The molecule has 2 aromatic heterocycles. The number of hydrogen-bond donors (Lipinski definition) is 2. The highest BCUT2D eigenvalue weighted by Crippen LogP contribution is 2.28. The summed E-state index contributed by atoms with van der Waals surface area (Å²) in [5, 5.41) is 8.00. The van der Waals surface area contributed by atoms with Gasteiger partial charge in [-0.05, 0) is 29.8 Å². The van der Waals surface area contributed by atoms with Gasteiger partial charge in [-0.3, -0.25) is 4.79 Å². The number of benzene rings is 2. The minimum Gasteiger partial charge on any atom is -0.383 e. The quantitative estimate of drug-likeness (QED) is 0.358. The molecule has 3 N–H and O–H groups in total. The van der Waals surface area contributed by atoms with Crippen molar-refractivity contribution in [1.82, 2.24) is 20.0 Å². The minimum absolute atomic E-state index is 0.123. The Kier molecular flexibility index (Phi) is 5.39. The molecule has 0 aliphatic heterocycles. The molecule has 7 nitrogen and oxygen atoms in total. The molecule has 0 unspecified atom stereocenters. The van der Waals surface area contributed by atoms with E-state index in [9.17, 15) is 4.79 Å². The molecule has 0 aliphatic rings. The van der Waals surface area contributed by atoms with Crippen LogP contribution in [0.5, 0.6) is 0 Å². The predicted molar refractivity (Wildman–Crippen MR) is 121 cm³/mol. The molecule has 0 spiro atoms. The van der Waals surface area contributed by atoms with Gasteiger partial charge in [-0.25, -0.2) is 9.97 Å². The lowest BCUT2D eigenvalue weighted by atomic mass is 10.2. The monoisotopic (exact) mass is 438 g/mol. The van der Waals surface area contributed by atoms with Crippen molar-refractivity contribution >= 4 is 63.3 Å². The molecule has 0 saturated carbocycles. The largest absolute Gasteiger partial charge is 0.383 e. The molecule has 0 fully saturated rings. The molecule has 0 bridgehead atoms. The molecule has 9 heteroatoms. The van der Waals surface area contributed by atoms with Gasteiger partial charge < -0.3 is 11.1 Å². The third-order valence-electron chi connectivity index (χ3n) is 4.37. The van der Waals surface area contributed by atoms with Crippen LogP contribution in [0.25, 0.3) is 22.2 Å². The first-order valence-corrected chi connectivity index (χ1v) is 9.70. The highest BCUT2D eigenvalue weighted by molar-refractivity contribution is 6.42. The fraction of sp³-hybridized carbons (Fsp3) is 0.0476. The smallest absolute Gasteiger partial charge is 0.257 e. The number of nitrogen functional groups attached to an aromatic ring is 1. The molecule has 0 radical (unpaired) electrons. The lowest BCUT2D eigenvalue weighted by Crippen LogP contribution is -2.24. The maximum atomic E-state index is 12.7. The Morgan fingerprint density at radius 1 is 1.17 bits per heavy atom. The van der Waals surface area contributed by atoms with Crippen LogP contribution in [0.2, 0.25) is 10.0 Å². The second kappa shape index (κ2) is 8.14.